The first-order valence-electron chi connectivity index (χ1n) is 14.6. The van der Waals surface area contributed by atoms with E-state index in [2.05, 4.69) is 22.2 Å². The Morgan fingerprint density at radius 2 is 1.69 bits per heavy atom. The van der Waals surface area contributed by atoms with Gasteiger partial charge in [-0.05, 0) is 55.3 Å². The molecule has 2 aromatic carbocycles. The summed E-state index contributed by atoms with van der Waals surface area (Å²) in [6.45, 7) is 1.58. The van der Waals surface area contributed by atoms with Crippen LogP contribution in [0.25, 0.3) is 0 Å². The number of aliphatic carboxylic acids is 1. The van der Waals surface area contributed by atoms with Crippen molar-refractivity contribution in [3.63, 3.8) is 0 Å². The highest BCUT2D eigenvalue weighted by atomic mass is 16.7. The summed E-state index contributed by atoms with van der Waals surface area (Å²) in [4.78, 5) is 29.6. The van der Waals surface area contributed by atoms with Crippen LogP contribution in [0.5, 0.6) is 0 Å². The molecular formula is C33H41N3O6. The predicted molar refractivity (Wildman–Crippen MR) is 160 cm³/mol. The Bertz CT molecular complexity index is 1250. The quantitative estimate of drug-likeness (QED) is 0.210. The summed E-state index contributed by atoms with van der Waals surface area (Å²) >= 11 is 0. The van der Waals surface area contributed by atoms with E-state index in [4.69, 9.17) is 14.6 Å². The highest BCUT2D eigenvalue weighted by Gasteiger charge is 2.32. The van der Waals surface area contributed by atoms with Gasteiger partial charge in [-0.1, -0.05) is 48.9 Å². The molecule has 3 N–H and O–H groups in total. The fraction of sp³-hybridized carbons (Fsp3) is 0.424. The van der Waals surface area contributed by atoms with Crippen molar-refractivity contribution in [2.24, 2.45) is 0 Å². The van der Waals surface area contributed by atoms with Gasteiger partial charge in [0.05, 0.1) is 18.8 Å². The van der Waals surface area contributed by atoms with Crippen LogP contribution in [0.1, 0.15) is 73.3 Å². The minimum absolute atomic E-state index is 0.00512. The van der Waals surface area contributed by atoms with E-state index in [0.29, 0.717) is 37.8 Å². The number of rotatable bonds is 15. The number of carbonyl (C=O) groups is 2. The van der Waals surface area contributed by atoms with Crippen LogP contribution < -0.4 is 5.32 Å². The second kappa shape index (κ2) is 16.1. The molecule has 0 saturated carbocycles. The van der Waals surface area contributed by atoms with Crippen molar-refractivity contribution in [3.8, 4) is 0 Å². The van der Waals surface area contributed by atoms with Crippen LogP contribution in [-0.4, -0.2) is 58.2 Å². The highest BCUT2D eigenvalue weighted by molar-refractivity contribution is 5.90. The number of carboxylic acid groups (broad SMARTS) is 1. The van der Waals surface area contributed by atoms with Crippen LogP contribution in [0, 0.1) is 0 Å². The Hall–Kier alpha value is -3.63. The number of nitrogens with zero attached hydrogens (tertiary/aromatic N) is 2. The smallest absolute Gasteiger partial charge is 0.303 e. The molecule has 1 aliphatic rings. The molecule has 0 aliphatic carbocycles. The maximum atomic E-state index is 12.3. The van der Waals surface area contributed by atoms with Crippen molar-refractivity contribution in [1.82, 2.24) is 9.88 Å². The third kappa shape index (κ3) is 10.0. The number of hydrogen-bond acceptors (Lipinski definition) is 7. The second-order valence-corrected chi connectivity index (χ2v) is 10.8. The van der Waals surface area contributed by atoms with Gasteiger partial charge in [0, 0.05) is 61.9 Å². The third-order valence-corrected chi connectivity index (χ3v) is 7.37. The zero-order valence-corrected chi connectivity index (χ0v) is 24.2. The summed E-state index contributed by atoms with van der Waals surface area (Å²) in [5.74, 6) is -0.904. The molecule has 3 aromatic rings. The number of carbonyl (C=O) groups excluding carboxylic acids is 1. The Balaban J connectivity index is 1.37. The van der Waals surface area contributed by atoms with Crippen LogP contribution in [0.4, 0.5) is 5.69 Å². The van der Waals surface area contributed by atoms with E-state index in [1.165, 1.54) is 0 Å². The molecule has 0 unspecified atom stereocenters. The van der Waals surface area contributed by atoms with Crippen molar-refractivity contribution in [2.45, 2.75) is 70.1 Å². The fourth-order valence-electron chi connectivity index (χ4n) is 5.01. The lowest BCUT2D eigenvalue weighted by molar-refractivity contribution is -0.252. The van der Waals surface area contributed by atoms with Gasteiger partial charge in [0.1, 0.15) is 0 Å². The number of benzene rings is 2. The average Bonchev–Trinajstić information content (AvgIpc) is 3.00. The van der Waals surface area contributed by atoms with Gasteiger partial charge < -0.3 is 29.9 Å². The number of aromatic nitrogens is 1. The molecule has 9 nitrogen and oxygen atoms in total. The molecule has 0 spiro atoms. The van der Waals surface area contributed by atoms with Crippen LogP contribution in [-0.2, 0) is 32.1 Å². The van der Waals surface area contributed by atoms with Crippen LogP contribution >= 0.6 is 0 Å². The number of likely N-dealkylation sites (N-methyl/N-ethyl adjacent to an activating group) is 1. The standard InChI is InChI=1S/C33H41N3O6/c1-36(20-18-27-7-5-6-19-34-27)22-29-21-30(25-12-10-24(23-37)11-13-25)42-33(41-29)26-14-16-28(17-15-26)35-31(38)8-3-2-4-9-32(39)40/h5-7,10-17,19,29-30,33,37H,2-4,8-9,18,20-23H2,1H3,(H,35,38)(H,39,40)/t29-,30+,33+/m0/s1. The normalized spacial score (nSPS) is 18.6. The van der Waals surface area contributed by atoms with Gasteiger partial charge in [0.2, 0.25) is 5.91 Å². The molecule has 0 radical (unpaired) electrons. The summed E-state index contributed by atoms with van der Waals surface area (Å²) < 4.78 is 12.9. The first-order chi connectivity index (χ1) is 20.4. The molecule has 9 heteroatoms. The SMILES string of the molecule is CN(CCc1ccccn1)C[C@@H]1C[C@H](c2ccc(CO)cc2)O[C@H](c2ccc(NC(=O)CCCCCC(=O)O)cc2)O1. The van der Waals surface area contributed by atoms with Crippen molar-refractivity contribution < 1.29 is 29.3 Å². The number of aliphatic hydroxyl groups is 1. The Morgan fingerprint density at radius 3 is 2.38 bits per heavy atom. The molecular weight excluding hydrogens is 534 g/mol. The van der Waals surface area contributed by atoms with E-state index in [0.717, 1.165) is 41.9 Å². The van der Waals surface area contributed by atoms with Crippen molar-refractivity contribution in [2.75, 3.05) is 25.5 Å². The molecule has 1 amide bonds. The van der Waals surface area contributed by atoms with Gasteiger partial charge in [-0.25, -0.2) is 0 Å². The summed E-state index contributed by atoms with van der Waals surface area (Å²) in [6.07, 6.45) is 4.96. The van der Waals surface area contributed by atoms with Gasteiger partial charge in [-0.15, -0.1) is 0 Å². The lowest BCUT2D eigenvalue weighted by Gasteiger charge is -2.38. The largest absolute Gasteiger partial charge is 0.481 e. The van der Waals surface area contributed by atoms with Crippen LogP contribution in [0.3, 0.4) is 0 Å². The van der Waals surface area contributed by atoms with Crippen molar-refractivity contribution >= 4 is 17.6 Å². The molecule has 3 atom stereocenters. The lowest BCUT2D eigenvalue weighted by Crippen LogP contribution is -2.38. The zero-order chi connectivity index (χ0) is 29.7. The molecule has 0 bridgehead atoms. The molecule has 1 aliphatic heterocycles. The summed E-state index contributed by atoms with van der Waals surface area (Å²) in [5.41, 5.74) is 4.49. The number of unbranched alkanes of at least 4 members (excludes halogenated alkanes) is 2. The first-order valence-corrected chi connectivity index (χ1v) is 14.6. The zero-order valence-electron chi connectivity index (χ0n) is 24.2. The molecule has 4 rings (SSSR count). The van der Waals surface area contributed by atoms with E-state index in [-0.39, 0.29) is 31.1 Å². The average molecular weight is 576 g/mol. The highest BCUT2D eigenvalue weighted by Crippen LogP contribution is 2.38. The molecule has 1 saturated heterocycles. The second-order valence-electron chi connectivity index (χ2n) is 10.8. The number of pyridine rings is 1. The van der Waals surface area contributed by atoms with Crippen molar-refractivity contribution in [3.05, 3.63) is 95.3 Å². The molecule has 2 heterocycles. The fourth-order valence-corrected chi connectivity index (χ4v) is 5.01. The van der Waals surface area contributed by atoms with Crippen LogP contribution in [0.2, 0.25) is 0 Å². The number of amides is 1. The van der Waals surface area contributed by atoms with Gasteiger partial charge in [0.15, 0.2) is 6.29 Å². The number of aliphatic hydroxyl groups excluding tert-OH is 1. The molecule has 1 aromatic heterocycles. The molecule has 224 valence electrons. The monoisotopic (exact) mass is 575 g/mol. The first kappa shape index (κ1) is 31.3. The minimum atomic E-state index is -0.810. The summed E-state index contributed by atoms with van der Waals surface area (Å²) in [7, 11) is 2.09. The summed E-state index contributed by atoms with van der Waals surface area (Å²) in [5, 5.41) is 21.1. The van der Waals surface area contributed by atoms with Crippen LogP contribution in [0.15, 0.2) is 72.9 Å². The van der Waals surface area contributed by atoms with Crippen molar-refractivity contribution in [1.29, 1.82) is 0 Å². The minimum Gasteiger partial charge on any atom is -0.481 e. The van der Waals surface area contributed by atoms with E-state index in [1.54, 1.807) is 0 Å². The number of ether oxygens (including phenoxy) is 2. The number of hydrogen-bond donors (Lipinski definition) is 3. The third-order valence-electron chi connectivity index (χ3n) is 7.37. The van der Waals surface area contributed by atoms with Gasteiger partial charge in [-0.2, -0.15) is 0 Å². The summed E-state index contributed by atoms with van der Waals surface area (Å²) in [6, 6.07) is 21.3. The number of nitrogens with one attached hydrogen (secondary N) is 1. The maximum Gasteiger partial charge on any atom is 0.303 e. The Labute approximate surface area is 247 Å². The van der Waals surface area contributed by atoms with E-state index in [9.17, 15) is 14.7 Å². The molecule has 42 heavy (non-hydrogen) atoms. The molecule has 1 fully saturated rings. The van der Waals surface area contributed by atoms with Gasteiger partial charge in [0.25, 0.3) is 0 Å². The predicted octanol–water partition coefficient (Wildman–Crippen LogP) is 5.27. The van der Waals surface area contributed by atoms with E-state index in [1.807, 2.05) is 72.9 Å². The Morgan fingerprint density at radius 1 is 0.952 bits per heavy atom. The van der Waals surface area contributed by atoms with E-state index >= 15 is 0 Å². The van der Waals surface area contributed by atoms with Gasteiger partial charge >= 0.3 is 5.97 Å². The Kier molecular flexibility index (Phi) is 12.0. The lowest BCUT2D eigenvalue weighted by atomic mass is 9.99. The van der Waals surface area contributed by atoms with Gasteiger partial charge in [-0.3, -0.25) is 14.6 Å². The number of carboxylic acids is 1. The number of anilines is 1. The van der Waals surface area contributed by atoms with E-state index < -0.39 is 12.3 Å². The maximum absolute atomic E-state index is 12.3. The topological polar surface area (TPSA) is 121 Å².